The van der Waals surface area contributed by atoms with Gasteiger partial charge in [-0.15, -0.1) is 0 Å². The van der Waals surface area contributed by atoms with E-state index in [1.165, 1.54) is 6.92 Å². The van der Waals surface area contributed by atoms with Crippen molar-refractivity contribution in [1.82, 2.24) is 9.97 Å². The maximum Gasteiger partial charge on any atom is 0.257 e. The number of rotatable bonds is 1. The van der Waals surface area contributed by atoms with E-state index in [-0.39, 0.29) is 17.0 Å². The third-order valence-electron chi connectivity index (χ3n) is 2.56. The molecular weight excluding hydrogens is 284 g/mol. The van der Waals surface area contributed by atoms with E-state index >= 15 is 0 Å². The van der Waals surface area contributed by atoms with Crippen molar-refractivity contribution in [3.63, 3.8) is 0 Å². The Morgan fingerprint density at radius 2 is 2.06 bits per heavy atom. The molecule has 0 saturated heterocycles. The Morgan fingerprint density at radius 1 is 1.35 bits per heavy atom. The van der Waals surface area contributed by atoms with E-state index in [0.29, 0.717) is 5.82 Å². The zero-order valence-corrected chi connectivity index (χ0v) is 11.0. The number of aromatic amines is 1. The number of H-pyrrole nitrogens is 1. The van der Waals surface area contributed by atoms with Gasteiger partial charge < -0.3 is 10.1 Å². The number of hydrogen-bond acceptors (Lipinski definition) is 3. The minimum atomic E-state index is -0.326. The van der Waals surface area contributed by atoms with Crippen LogP contribution in [0.4, 0.5) is 0 Å². The van der Waals surface area contributed by atoms with Gasteiger partial charge in [0.1, 0.15) is 5.82 Å². The van der Waals surface area contributed by atoms with Gasteiger partial charge in [0.25, 0.3) is 5.56 Å². The van der Waals surface area contributed by atoms with Gasteiger partial charge in [-0.2, -0.15) is 4.98 Å². The zero-order valence-electron chi connectivity index (χ0n) is 9.41. The lowest BCUT2D eigenvalue weighted by Gasteiger charge is -2.05. The van der Waals surface area contributed by atoms with Crippen LogP contribution in [0.3, 0.4) is 0 Å². The van der Waals surface area contributed by atoms with Crippen LogP contribution in [-0.2, 0) is 0 Å². The summed E-state index contributed by atoms with van der Waals surface area (Å²) in [5.41, 5.74) is 1.69. The molecule has 0 unspecified atom stereocenters. The van der Waals surface area contributed by atoms with Crippen LogP contribution in [0.5, 0.6) is 5.88 Å². The Labute approximate surface area is 106 Å². The van der Waals surface area contributed by atoms with Crippen molar-refractivity contribution in [2.24, 2.45) is 0 Å². The van der Waals surface area contributed by atoms with Crippen molar-refractivity contribution in [1.29, 1.82) is 0 Å². The molecule has 2 aromatic rings. The van der Waals surface area contributed by atoms with E-state index in [1.807, 2.05) is 25.1 Å². The van der Waals surface area contributed by atoms with Crippen LogP contribution < -0.4 is 5.56 Å². The molecule has 0 fully saturated rings. The van der Waals surface area contributed by atoms with Crippen molar-refractivity contribution in [3.8, 4) is 17.3 Å². The maximum absolute atomic E-state index is 11.5. The highest BCUT2D eigenvalue weighted by Crippen LogP contribution is 2.23. The third kappa shape index (κ3) is 2.24. The molecule has 5 heteroatoms. The van der Waals surface area contributed by atoms with Gasteiger partial charge in [0.05, 0.1) is 5.56 Å². The predicted octanol–water partition coefficient (Wildman–Crippen LogP) is 2.52. The smallest absolute Gasteiger partial charge is 0.257 e. The van der Waals surface area contributed by atoms with Crippen molar-refractivity contribution in [2.45, 2.75) is 13.8 Å². The number of benzene rings is 1. The fourth-order valence-corrected chi connectivity index (χ4v) is 1.70. The van der Waals surface area contributed by atoms with Crippen LogP contribution in [0.25, 0.3) is 11.4 Å². The molecule has 2 N–H and O–H groups in total. The molecule has 0 aliphatic rings. The Hall–Kier alpha value is -1.62. The number of nitrogens with zero attached hydrogens (tertiary/aromatic N) is 1. The molecule has 0 saturated carbocycles. The minimum Gasteiger partial charge on any atom is -0.493 e. The summed E-state index contributed by atoms with van der Waals surface area (Å²) in [6, 6.07) is 5.59. The van der Waals surface area contributed by atoms with Gasteiger partial charge in [-0.25, -0.2) is 0 Å². The van der Waals surface area contributed by atoms with Crippen molar-refractivity contribution >= 4 is 15.9 Å². The number of aromatic nitrogens is 2. The first-order chi connectivity index (χ1) is 7.99. The summed E-state index contributed by atoms with van der Waals surface area (Å²) in [6.45, 7) is 3.47. The fraction of sp³-hybridized carbons (Fsp3) is 0.167. The monoisotopic (exact) mass is 294 g/mol. The first-order valence-electron chi connectivity index (χ1n) is 5.05. The van der Waals surface area contributed by atoms with Gasteiger partial charge in [-0.3, -0.25) is 4.79 Å². The van der Waals surface area contributed by atoms with E-state index in [0.717, 1.165) is 15.6 Å². The molecule has 0 aliphatic heterocycles. The summed E-state index contributed by atoms with van der Waals surface area (Å²) in [6.07, 6.45) is 0. The van der Waals surface area contributed by atoms with Crippen LogP contribution in [0.2, 0.25) is 0 Å². The van der Waals surface area contributed by atoms with Gasteiger partial charge >= 0.3 is 0 Å². The van der Waals surface area contributed by atoms with E-state index in [4.69, 9.17) is 0 Å². The maximum atomic E-state index is 11.5. The van der Waals surface area contributed by atoms with Crippen molar-refractivity contribution in [3.05, 3.63) is 44.2 Å². The molecular formula is C12H11BrN2O2. The first kappa shape index (κ1) is 11.9. The predicted molar refractivity (Wildman–Crippen MR) is 69.1 cm³/mol. The second-order valence-electron chi connectivity index (χ2n) is 3.83. The van der Waals surface area contributed by atoms with E-state index in [1.54, 1.807) is 0 Å². The lowest BCUT2D eigenvalue weighted by molar-refractivity contribution is 0.447. The summed E-state index contributed by atoms with van der Waals surface area (Å²) >= 11 is 3.40. The summed E-state index contributed by atoms with van der Waals surface area (Å²) in [5, 5.41) is 9.53. The molecule has 0 radical (unpaired) electrons. The lowest BCUT2D eigenvalue weighted by atomic mass is 10.1. The number of halogens is 1. The molecule has 2 rings (SSSR count). The molecule has 0 atom stereocenters. The number of aromatic hydroxyl groups is 1. The molecule has 0 amide bonds. The second-order valence-corrected chi connectivity index (χ2v) is 4.68. The average Bonchev–Trinajstić information content (AvgIpc) is 2.29. The molecule has 1 aromatic carbocycles. The molecule has 17 heavy (non-hydrogen) atoms. The standard InChI is InChI=1S/C12H11BrN2O2/c1-6-5-8(3-4-9(6)13)10-14-11(16)7(2)12(17)15-10/h3-5H,1-2H3,(H2,14,15,16,17). The van der Waals surface area contributed by atoms with Gasteiger partial charge in [-0.05, 0) is 31.5 Å². The van der Waals surface area contributed by atoms with Gasteiger partial charge in [0, 0.05) is 10.0 Å². The molecule has 0 aliphatic carbocycles. The van der Waals surface area contributed by atoms with Crippen molar-refractivity contribution < 1.29 is 5.11 Å². The number of nitrogens with one attached hydrogen (secondary N) is 1. The summed E-state index contributed by atoms with van der Waals surface area (Å²) in [4.78, 5) is 18.1. The molecule has 1 heterocycles. The minimum absolute atomic E-state index is 0.225. The Kier molecular flexibility index (Phi) is 3.02. The summed E-state index contributed by atoms with van der Waals surface area (Å²) < 4.78 is 0.986. The van der Waals surface area contributed by atoms with E-state index in [9.17, 15) is 9.90 Å². The highest BCUT2D eigenvalue weighted by atomic mass is 79.9. The number of aryl methyl sites for hydroxylation is 1. The SMILES string of the molecule is Cc1cc(-c2nc(O)c(C)c(=O)[nH]2)ccc1Br. The zero-order chi connectivity index (χ0) is 12.6. The molecule has 0 bridgehead atoms. The van der Waals surface area contributed by atoms with Gasteiger partial charge in [-0.1, -0.05) is 22.0 Å². The van der Waals surface area contributed by atoms with Crippen LogP contribution in [0.15, 0.2) is 27.5 Å². The van der Waals surface area contributed by atoms with E-state index in [2.05, 4.69) is 25.9 Å². The van der Waals surface area contributed by atoms with Gasteiger partial charge in [0.2, 0.25) is 5.88 Å². The normalized spacial score (nSPS) is 10.5. The topological polar surface area (TPSA) is 66.0 Å². The molecule has 88 valence electrons. The average molecular weight is 295 g/mol. The van der Waals surface area contributed by atoms with Crippen LogP contribution in [-0.4, -0.2) is 15.1 Å². The molecule has 4 nitrogen and oxygen atoms in total. The molecule has 1 aromatic heterocycles. The molecule has 0 spiro atoms. The summed E-state index contributed by atoms with van der Waals surface area (Å²) in [7, 11) is 0. The highest BCUT2D eigenvalue weighted by molar-refractivity contribution is 9.10. The highest BCUT2D eigenvalue weighted by Gasteiger charge is 2.08. The second kappa shape index (κ2) is 4.33. The largest absolute Gasteiger partial charge is 0.493 e. The Morgan fingerprint density at radius 3 is 2.65 bits per heavy atom. The van der Waals surface area contributed by atoms with Crippen LogP contribution in [0, 0.1) is 13.8 Å². The summed E-state index contributed by atoms with van der Waals surface area (Å²) in [5.74, 6) is 0.137. The Balaban J connectivity index is 2.61. The van der Waals surface area contributed by atoms with Gasteiger partial charge in [0.15, 0.2) is 0 Å². The van der Waals surface area contributed by atoms with E-state index < -0.39 is 0 Å². The third-order valence-corrected chi connectivity index (χ3v) is 3.45. The quantitative estimate of drug-likeness (QED) is 0.849. The lowest BCUT2D eigenvalue weighted by Crippen LogP contribution is -2.12. The fourth-order valence-electron chi connectivity index (χ4n) is 1.45. The first-order valence-corrected chi connectivity index (χ1v) is 5.84. The number of hydrogen-bond donors (Lipinski definition) is 2. The van der Waals surface area contributed by atoms with Crippen molar-refractivity contribution in [2.75, 3.05) is 0 Å². The Bertz CT molecular complexity index is 635. The van der Waals surface area contributed by atoms with Crippen LogP contribution in [0.1, 0.15) is 11.1 Å². The van der Waals surface area contributed by atoms with Crippen LogP contribution >= 0.6 is 15.9 Å².